The van der Waals surface area contributed by atoms with Crippen molar-refractivity contribution in [3.05, 3.63) is 12.2 Å². The first-order valence-electron chi connectivity index (χ1n) is 7.44. The summed E-state index contributed by atoms with van der Waals surface area (Å²) in [5.74, 6) is 0.856. The zero-order chi connectivity index (χ0) is 13.7. The van der Waals surface area contributed by atoms with E-state index in [-0.39, 0.29) is 17.7 Å². The van der Waals surface area contributed by atoms with Gasteiger partial charge in [0.2, 0.25) is 11.8 Å². The Hall–Kier alpha value is -1.32. The molecule has 19 heavy (non-hydrogen) atoms. The number of nitrogens with zero attached hydrogens (tertiary/aromatic N) is 1. The van der Waals surface area contributed by atoms with Gasteiger partial charge in [-0.15, -0.1) is 0 Å². The molecule has 1 heterocycles. The molecule has 0 aromatic carbocycles. The molecule has 1 aliphatic heterocycles. The van der Waals surface area contributed by atoms with Crippen molar-refractivity contribution in [2.24, 2.45) is 11.8 Å². The average Bonchev–Trinajstić information content (AvgIpc) is 3.26. The summed E-state index contributed by atoms with van der Waals surface area (Å²) in [5, 5.41) is 3.02. The first-order chi connectivity index (χ1) is 9.20. The molecule has 1 unspecified atom stereocenters. The number of rotatable bonds is 5. The molecule has 2 amide bonds. The standard InChI is InChI=1S/C15H24N2O2/c1-2-3-6-14(18)17-9-4-5-13(11-17)15(19)16-10-12-7-8-12/h3,6,12-13H,2,4-5,7-11H2,1H3,(H,16,19)/b6-3+. The highest BCUT2D eigenvalue weighted by Crippen LogP contribution is 2.27. The first-order valence-corrected chi connectivity index (χ1v) is 7.44. The van der Waals surface area contributed by atoms with Gasteiger partial charge in [-0.1, -0.05) is 13.0 Å². The lowest BCUT2D eigenvalue weighted by molar-refractivity contribution is -0.132. The van der Waals surface area contributed by atoms with Gasteiger partial charge in [-0.2, -0.15) is 0 Å². The van der Waals surface area contributed by atoms with Gasteiger partial charge in [-0.05, 0) is 44.1 Å². The Bertz CT molecular complexity index is 361. The highest BCUT2D eigenvalue weighted by atomic mass is 16.2. The van der Waals surface area contributed by atoms with Crippen LogP contribution in [0, 0.1) is 11.8 Å². The van der Waals surface area contributed by atoms with Crippen molar-refractivity contribution in [3.8, 4) is 0 Å². The van der Waals surface area contributed by atoms with Crippen molar-refractivity contribution in [1.82, 2.24) is 10.2 Å². The molecule has 1 aliphatic carbocycles. The van der Waals surface area contributed by atoms with Crippen molar-refractivity contribution < 1.29 is 9.59 Å². The van der Waals surface area contributed by atoms with Crippen LogP contribution in [0.1, 0.15) is 39.0 Å². The molecule has 4 heteroatoms. The Morgan fingerprint density at radius 1 is 1.32 bits per heavy atom. The van der Waals surface area contributed by atoms with Crippen molar-refractivity contribution in [1.29, 1.82) is 0 Å². The van der Waals surface area contributed by atoms with Gasteiger partial charge in [0, 0.05) is 19.6 Å². The van der Waals surface area contributed by atoms with Gasteiger partial charge in [0.25, 0.3) is 0 Å². The van der Waals surface area contributed by atoms with E-state index < -0.39 is 0 Å². The molecule has 2 rings (SSSR count). The maximum absolute atomic E-state index is 12.0. The summed E-state index contributed by atoms with van der Waals surface area (Å²) in [7, 11) is 0. The molecule has 0 aromatic heterocycles. The van der Waals surface area contributed by atoms with E-state index in [9.17, 15) is 9.59 Å². The Morgan fingerprint density at radius 3 is 2.79 bits per heavy atom. The van der Waals surface area contributed by atoms with Crippen molar-refractivity contribution >= 4 is 11.8 Å². The molecule has 1 N–H and O–H groups in total. The third kappa shape index (κ3) is 4.37. The second-order valence-corrected chi connectivity index (χ2v) is 5.62. The fraction of sp³-hybridized carbons (Fsp3) is 0.733. The van der Waals surface area contributed by atoms with E-state index in [1.807, 2.05) is 13.0 Å². The number of carbonyl (C=O) groups excluding carboxylic acids is 2. The molecule has 106 valence electrons. The topological polar surface area (TPSA) is 49.4 Å². The van der Waals surface area contributed by atoms with Crippen LogP contribution >= 0.6 is 0 Å². The zero-order valence-corrected chi connectivity index (χ0v) is 11.7. The quantitative estimate of drug-likeness (QED) is 0.769. The Labute approximate surface area is 115 Å². The SMILES string of the molecule is CC/C=C/C(=O)N1CCCC(C(=O)NCC2CC2)C1. The van der Waals surface area contributed by atoms with E-state index in [1.54, 1.807) is 11.0 Å². The number of carbonyl (C=O) groups is 2. The molecular weight excluding hydrogens is 240 g/mol. The lowest BCUT2D eigenvalue weighted by atomic mass is 9.97. The van der Waals surface area contributed by atoms with E-state index >= 15 is 0 Å². The Morgan fingerprint density at radius 2 is 2.11 bits per heavy atom. The number of amides is 2. The van der Waals surface area contributed by atoms with Crippen LogP contribution < -0.4 is 5.32 Å². The number of piperidine rings is 1. The van der Waals surface area contributed by atoms with Crippen LogP contribution in [0.25, 0.3) is 0 Å². The second kappa shape index (κ2) is 6.73. The van der Waals surface area contributed by atoms with Gasteiger partial charge in [-0.25, -0.2) is 0 Å². The Kier molecular flexibility index (Phi) is 5.00. The minimum atomic E-state index is -0.0218. The zero-order valence-electron chi connectivity index (χ0n) is 11.7. The fourth-order valence-corrected chi connectivity index (χ4v) is 2.43. The largest absolute Gasteiger partial charge is 0.356 e. The monoisotopic (exact) mass is 264 g/mol. The molecule has 2 fully saturated rings. The van der Waals surface area contributed by atoms with Crippen molar-refractivity contribution in [2.75, 3.05) is 19.6 Å². The second-order valence-electron chi connectivity index (χ2n) is 5.62. The number of hydrogen-bond acceptors (Lipinski definition) is 2. The van der Waals surface area contributed by atoms with Crippen LogP contribution in [0.3, 0.4) is 0 Å². The maximum atomic E-state index is 12.0. The van der Waals surface area contributed by atoms with E-state index in [2.05, 4.69) is 5.32 Å². The van der Waals surface area contributed by atoms with Crippen molar-refractivity contribution in [3.63, 3.8) is 0 Å². The highest BCUT2D eigenvalue weighted by Gasteiger charge is 2.29. The Balaban J connectivity index is 1.79. The number of allylic oxidation sites excluding steroid dienone is 1. The summed E-state index contributed by atoms with van der Waals surface area (Å²) in [5.41, 5.74) is 0. The van der Waals surface area contributed by atoms with Crippen LogP contribution in [0.5, 0.6) is 0 Å². The lowest BCUT2D eigenvalue weighted by Gasteiger charge is -2.31. The highest BCUT2D eigenvalue weighted by molar-refractivity contribution is 5.88. The van der Waals surface area contributed by atoms with Crippen LogP contribution in [0.4, 0.5) is 0 Å². The third-order valence-electron chi connectivity index (χ3n) is 3.86. The smallest absolute Gasteiger partial charge is 0.246 e. The number of nitrogens with one attached hydrogen (secondary N) is 1. The third-order valence-corrected chi connectivity index (χ3v) is 3.86. The molecule has 1 saturated carbocycles. The van der Waals surface area contributed by atoms with Crippen LogP contribution in [-0.4, -0.2) is 36.3 Å². The predicted octanol–water partition coefficient (Wildman–Crippen LogP) is 1.72. The van der Waals surface area contributed by atoms with E-state index in [0.29, 0.717) is 12.5 Å². The van der Waals surface area contributed by atoms with Crippen LogP contribution in [-0.2, 0) is 9.59 Å². The molecular formula is C15H24N2O2. The normalized spacial score (nSPS) is 23.6. The molecule has 2 aliphatic rings. The lowest BCUT2D eigenvalue weighted by Crippen LogP contribution is -2.45. The summed E-state index contributed by atoms with van der Waals surface area (Å²) in [6, 6.07) is 0. The van der Waals surface area contributed by atoms with Gasteiger partial charge >= 0.3 is 0 Å². The van der Waals surface area contributed by atoms with Crippen molar-refractivity contribution in [2.45, 2.75) is 39.0 Å². The minimum absolute atomic E-state index is 0.0218. The van der Waals surface area contributed by atoms with Crippen LogP contribution in [0.2, 0.25) is 0 Å². The minimum Gasteiger partial charge on any atom is -0.356 e. The molecule has 4 nitrogen and oxygen atoms in total. The molecule has 1 saturated heterocycles. The van der Waals surface area contributed by atoms with E-state index in [4.69, 9.17) is 0 Å². The average molecular weight is 264 g/mol. The molecule has 1 atom stereocenters. The van der Waals surface area contributed by atoms with E-state index in [0.717, 1.165) is 32.4 Å². The maximum Gasteiger partial charge on any atom is 0.246 e. The molecule has 0 radical (unpaired) electrons. The summed E-state index contributed by atoms with van der Waals surface area (Å²) >= 11 is 0. The molecule has 0 aromatic rings. The summed E-state index contributed by atoms with van der Waals surface area (Å²) in [6.07, 6.45) is 8.69. The van der Waals surface area contributed by atoms with Gasteiger partial charge in [0.1, 0.15) is 0 Å². The first kappa shape index (κ1) is 14.1. The molecule has 0 bridgehead atoms. The summed E-state index contributed by atoms with van der Waals surface area (Å²) in [4.78, 5) is 25.8. The van der Waals surface area contributed by atoms with E-state index in [1.165, 1.54) is 12.8 Å². The van der Waals surface area contributed by atoms with Gasteiger partial charge < -0.3 is 10.2 Å². The van der Waals surface area contributed by atoms with Gasteiger partial charge in [0.15, 0.2) is 0 Å². The summed E-state index contributed by atoms with van der Waals surface area (Å²) in [6.45, 7) is 4.18. The predicted molar refractivity (Wildman–Crippen MR) is 74.5 cm³/mol. The summed E-state index contributed by atoms with van der Waals surface area (Å²) < 4.78 is 0. The number of hydrogen-bond donors (Lipinski definition) is 1. The van der Waals surface area contributed by atoms with Gasteiger partial charge in [0.05, 0.1) is 5.92 Å². The fourth-order valence-electron chi connectivity index (χ4n) is 2.43. The van der Waals surface area contributed by atoms with Crippen LogP contribution in [0.15, 0.2) is 12.2 Å². The molecule has 0 spiro atoms. The number of likely N-dealkylation sites (tertiary alicyclic amines) is 1. The van der Waals surface area contributed by atoms with Gasteiger partial charge in [-0.3, -0.25) is 9.59 Å².